The molecule has 2 amide bonds. The first-order chi connectivity index (χ1) is 16.6. The summed E-state index contributed by atoms with van der Waals surface area (Å²) in [6.45, 7) is 0. The molecular weight excluding hydrogens is 424 g/mol. The zero-order valence-corrected chi connectivity index (χ0v) is 18.9. The fourth-order valence-electron chi connectivity index (χ4n) is 3.81. The lowest BCUT2D eigenvalue weighted by Gasteiger charge is -2.18. The molecule has 0 aliphatic carbocycles. The van der Waals surface area contributed by atoms with Crippen molar-refractivity contribution in [1.82, 2.24) is 0 Å². The molecule has 0 aliphatic rings. The number of rotatable bonds is 8. The van der Waals surface area contributed by atoms with Crippen LogP contribution in [0, 0.1) is 0 Å². The fourth-order valence-corrected chi connectivity index (χ4v) is 3.81. The molecule has 0 heterocycles. The monoisotopic (exact) mass is 450 g/mol. The number of hydrogen-bond donors (Lipinski definition) is 2. The molecular formula is C29H26N2O3. The van der Waals surface area contributed by atoms with Crippen LogP contribution in [-0.4, -0.2) is 18.9 Å². The Hall–Kier alpha value is -4.38. The predicted octanol–water partition coefficient (Wildman–Crippen LogP) is 6.11. The van der Waals surface area contributed by atoms with Gasteiger partial charge in [0.05, 0.1) is 7.11 Å². The van der Waals surface area contributed by atoms with Crippen molar-refractivity contribution in [3.63, 3.8) is 0 Å². The van der Waals surface area contributed by atoms with Crippen molar-refractivity contribution in [2.75, 3.05) is 17.7 Å². The second kappa shape index (κ2) is 11.0. The van der Waals surface area contributed by atoms with E-state index < -0.39 is 0 Å². The molecule has 2 N–H and O–H groups in total. The number of ether oxygens (including phenoxy) is 1. The molecule has 0 aliphatic heterocycles. The van der Waals surface area contributed by atoms with Crippen molar-refractivity contribution in [1.29, 1.82) is 0 Å². The molecule has 0 spiro atoms. The molecule has 0 saturated heterocycles. The summed E-state index contributed by atoms with van der Waals surface area (Å²) in [7, 11) is 1.59. The number of anilines is 2. The maximum Gasteiger partial charge on any atom is 0.255 e. The van der Waals surface area contributed by atoms with E-state index in [2.05, 4.69) is 10.6 Å². The third kappa shape index (κ3) is 5.90. The summed E-state index contributed by atoms with van der Waals surface area (Å²) in [5.41, 5.74) is 3.85. The van der Waals surface area contributed by atoms with Gasteiger partial charge < -0.3 is 15.4 Å². The standard InChI is InChI=1S/C29H26N2O3/c1-34-26-17-15-24(16-18-26)31-29(33)23-13-8-14-25(19-23)30-28(32)20-27(21-9-4-2-5-10-21)22-11-6-3-7-12-22/h2-19,27H,20H2,1H3,(H,30,32)(H,31,33). The van der Waals surface area contributed by atoms with Crippen LogP contribution in [0.2, 0.25) is 0 Å². The molecule has 0 radical (unpaired) electrons. The molecule has 0 fully saturated rings. The van der Waals surface area contributed by atoms with Crippen LogP contribution in [-0.2, 0) is 4.79 Å². The molecule has 0 unspecified atom stereocenters. The second-order valence-corrected chi connectivity index (χ2v) is 7.89. The lowest BCUT2D eigenvalue weighted by Crippen LogP contribution is -2.17. The Balaban J connectivity index is 1.45. The molecule has 0 aromatic heterocycles. The van der Waals surface area contributed by atoms with Gasteiger partial charge in [-0.1, -0.05) is 66.7 Å². The van der Waals surface area contributed by atoms with Crippen molar-refractivity contribution in [3.05, 3.63) is 126 Å². The third-order valence-electron chi connectivity index (χ3n) is 5.55. The summed E-state index contributed by atoms with van der Waals surface area (Å²) in [6, 6.07) is 34.0. The summed E-state index contributed by atoms with van der Waals surface area (Å²) in [5.74, 6) is 0.272. The molecule has 4 aromatic rings. The fraction of sp³-hybridized carbons (Fsp3) is 0.103. The topological polar surface area (TPSA) is 67.4 Å². The Bertz CT molecular complexity index is 1200. The number of methoxy groups -OCH3 is 1. The SMILES string of the molecule is COc1ccc(NC(=O)c2cccc(NC(=O)CC(c3ccccc3)c3ccccc3)c2)cc1. The third-order valence-corrected chi connectivity index (χ3v) is 5.55. The number of benzene rings is 4. The van der Waals surface area contributed by atoms with Crippen molar-refractivity contribution >= 4 is 23.2 Å². The van der Waals surface area contributed by atoms with E-state index in [1.165, 1.54) is 0 Å². The van der Waals surface area contributed by atoms with Crippen LogP contribution in [0.25, 0.3) is 0 Å². The first kappa shape index (κ1) is 22.8. The summed E-state index contributed by atoms with van der Waals surface area (Å²) < 4.78 is 5.14. The molecule has 5 heteroatoms. The zero-order chi connectivity index (χ0) is 23.8. The minimum Gasteiger partial charge on any atom is -0.497 e. The van der Waals surface area contributed by atoms with Crippen LogP contribution in [0.3, 0.4) is 0 Å². The second-order valence-electron chi connectivity index (χ2n) is 7.89. The molecule has 0 bridgehead atoms. The molecule has 0 saturated carbocycles. The summed E-state index contributed by atoms with van der Waals surface area (Å²) >= 11 is 0. The van der Waals surface area contributed by atoms with Crippen molar-refractivity contribution in [2.45, 2.75) is 12.3 Å². The number of nitrogens with one attached hydrogen (secondary N) is 2. The van der Waals surface area contributed by atoms with Gasteiger partial charge in [0.15, 0.2) is 0 Å². The van der Waals surface area contributed by atoms with E-state index in [0.29, 0.717) is 22.7 Å². The summed E-state index contributed by atoms with van der Waals surface area (Å²) in [4.78, 5) is 25.7. The number of carbonyl (C=O) groups is 2. The first-order valence-corrected chi connectivity index (χ1v) is 11.1. The average Bonchev–Trinajstić information content (AvgIpc) is 2.89. The minimum absolute atomic E-state index is 0.0658. The van der Waals surface area contributed by atoms with Gasteiger partial charge >= 0.3 is 0 Å². The Morgan fingerprint density at radius 1 is 0.706 bits per heavy atom. The van der Waals surface area contributed by atoms with Crippen molar-refractivity contribution in [2.24, 2.45) is 0 Å². The normalized spacial score (nSPS) is 10.5. The van der Waals surface area contributed by atoms with Crippen LogP contribution in [0.5, 0.6) is 5.75 Å². The minimum atomic E-state index is -0.257. The van der Waals surface area contributed by atoms with Crippen LogP contribution >= 0.6 is 0 Å². The molecule has 0 atom stereocenters. The van der Waals surface area contributed by atoms with E-state index in [-0.39, 0.29) is 24.2 Å². The highest BCUT2D eigenvalue weighted by atomic mass is 16.5. The van der Waals surface area contributed by atoms with Gasteiger partial charge in [0.25, 0.3) is 5.91 Å². The number of carbonyl (C=O) groups excluding carboxylic acids is 2. The number of amides is 2. The van der Waals surface area contributed by atoms with Gasteiger partial charge in [0.2, 0.25) is 5.91 Å². The quantitative estimate of drug-likeness (QED) is 0.340. The van der Waals surface area contributed by atoms with E-state index in [1.54, 1.807) is 55.6 Å². The molecule has 4 aromatic carbocycles. The van der Waals surface area contributed by atoms with E-state index in [4.69, 9.17) is 4.74 Å². The van der Waals surface area contributed by atoms with Gasteiger partial charge in [0, 0.05) is 29.3 Å². The Morgan fingerprint density at radius 3 is 1.91 bits per heavy atom. The Morgan fingerprint density at radius 2 is 1.32 bits per heavy atom. The van der Waals surface area contributed by atoms with Gasteiger partial charge in [-0.3, -0.25) is 9.59 Å². The highest BCUT2D eigenvalue weighted by Crippen LogP contribution is 2.28. The molecule has 4 rings (SSSR count). The predicted molar refractivity (Wildman–Crippen MR) is 135 cm³/mol. The van der Waals surface area contributed by atoms with E-state index in [1.807, 2.05) is 60.7 Å². The molecule has 5 nitrogen and oxygen atoms in total. The largest absolute Gasteiger partial charge is 0.497 e. The maximum atomic E-state index is 13.0. The first-order valence-electron chi connectivity index (χ1n) is 11.1. The van der Waals surface area contributed by atoms with E-state index in [0.717, 1.165) is 11.1 Å². The summed E-state index contributed by atoms with van der Waals surface area (Å²) in [5, 5.41) is 5.81. The van der Waals surface area contributed by atoms with Crippen LogP contribution in [0.1, 0.15) is 33.8 Å². The Kier molecular flexibility index (Phi) is 7.35. The Labute approximate surface area is 199 Å². The lowest BCUT2D eigenvalue weighted by molar-refractivity contribution is -0.116. The molecule has 170 valence electrons. The smallest absolute Gasteiger partial charge is 0.255 e. The maximum absolute atomic E-state index is 13.0. The molecule has 34 heavy (non-hydrogen) atoms. The van der Waals surface area contributed by atoms with Gasteiger partial charge in [-0.05, 0) is 53.6 Å². The van der Waals surface area contributed by atoms with E-state index >= 15 is 0 Å². The van der Waals surface area contributed by atoms with Gasteiger partial charge in [-0.2, -0.15) is 0 Å². The highest BCUT2D eigenvalue weighted by Gasteiger charge is 2.18. The zero-order valence-electron chi connectivity index (χ0n) is 18.9. The van der Waals surface area contributed by atoms with Crippen molar-refractivity contribution in [3.8, 4) is 5.75 Å². The highest BCUT2D eigenvalue weighted by molar-refractivity contribution is 6.05. The van der Waals surface area contributed by atoms with Crippen molar-refractivity contribution < 1.29 is 14.3 Å². The van der Waals surface area contributed by atoms with Crippen LogP contribution in [0.4, 0.5) is 11.4 Å². The van der Waals surface area contributed by atoms with Crippen LogP contribution in [0.15, 0.2) is 109 Å². The van der Waals surface area contributed by atoms with E-state index in [9.17, 15) is 9.59 Å². The van der Waals surface area contributed by atoms with Gasteiger partial charge in [0.1, 0.15) is 5.75 Å². The lowest BCUT2D eigenvalue weighted by atomic mass is 9.88. The van der Waals surface area contributed by atoms with Gasteiger partial charge in [-0.25, -0.2) is 0 Å². The number of hydrogen-bond acceptors (Lipinski definition) is 3. The summed E-state index contributed by atoms with van der Waals surface area (Å²) in [6.07, 6.45) is 0.288. The average molecular weight is 451 g/mol. The van der Waals surface area contributed by atoms with Crippen LogP contribution < -0.4 is 15.4 Å². The van der Waals surface area contributed by atoms with Gasteiger partial charge in [-0.15, -0.1) is 0 Å².